The summed E-state index contributed by atoms with van der Waals surface area (Å²) < 4.78 is 1.23. The fraction of sp³-hybridized carbons (Fsp3) is 0.118. The van der Waals surface area contributed by atoms with E-state index in [4.69, 9.17) is 5.84 Å². The normalized spacial score (nSPS) is 12.5. The summed E-state index contributed by atoms with van der Waals surface area (Å²) in [6.07, 6.45) is 3.78. The highest BCUT2D eigenvalue weighted by molar-refractivity contribution is 14.1. The van der Waals surface area contributed by atoms with Crippen LogP contribution >= 0.6 is 22.6 Å². The fourth-order valence-corrected chi connectivity index (χ4v) is 3.28. The topological polar surface area (TPSA) is 50.9 Å². The van der Waals surface area contributed by atoms with Crippen molar-refractivity contribution < 1.29 is 0 Å². The molecular weight excluding hydrogens is 373 g/mol. The van der Waals surface area contributed by atoms with Gasteiger partial charge in [0.05, 0.1) is 6.04 Å². The second-order valence-corrected chi connectivity index (χ2v) is 6.11. The maximum Gasteiger partial charge on any atom is 0.0741 e. The van der Waals surface area contributed by atoms with Crippen molar-refractivity contribution >= 4 is 33.4 Å². The lowest BCUT2D eigenvalue weighted by Crippen LogP contribution is -2.29. The molecule has 1 heterocycles. The summed E-state index contributed by atoms with van der Waals surface area (Å²) in [5.74, 6) is 5.87. The summed E-state index contributed by atoms with van der Waals surface area (Å²) in [7, 11) is 0. The zero-order chi connectivity index (χ0) is 14.8. The van der Waals surface area contributed by atoms with Crippen LogP contribution in [0.5, 0.6) is 0 Å². The minimum Gasteiger partial charge on any atom is -0.271 e. The quantitative estimate of drug-likeness (QED) is 0.408. The van der Waals surface area contributed by atoms with Crippen LogP contribution in [0.25, 0.3) is 10.8 Å². The monoisotopic (exact) mass is 389 g/mol. The van der Waals surface area contributed by atoms with Gasteiger partial charge in [-0.15, -0.1) is 0 Å². The summed E-state index contributed by atoms with van der Waals surface area (Å²) >= 11 is 2.38. The first-order valence-corrected chi connectivity index (χ1v) is 7.84. The molecule has 1 aromatic heterocycles. The van der Waals surface area contributed by atoms with E-state index in [9.17, 15) is 0 Å². The zero-order valence-corrected chi connectivity index (χ0v) is 13.8. The molecule has 2 aromatic carbocycles. The molecule has 21 heavy (non-hydrogen) atoms. The molecule has 0 fully saturated rings. The predicted molar refractivity (Wildman–Crippen MR) is 94.8 cm³/mol. The van der Waals surface area contributed by atoms with Gasteiger partial charge in [0, 0.05) is 26.9 Å². The molecule has 1 atom stereocenters. The Morgan fingerprint density at radius 1 is 1.05 bits per heavy atom. The van der Waals surface area contributed by atoms with Crippen molar-refractivity contribution in [2.24, 2.45) is 5.84 Å². The molecule has 106 valence electrons. The molecule has 0 aliphatic carbocycles. The Kier molecular flexibility index (Phi) is 4.19. The summed E-state index contributed by atoms with van der Waals surface area (Å²) in [6, 6.07) is 14.5. The number of nitrogens with zero attached hydrogens (tertiary/aromatic N) is 1. The molecular formula is C17H16IN3. The molecule has 0 aliphatic heterocycles. The number of nitrogens with one attached hydrogen (secondary N) is 1. The van der Waals surface area contributed by atoms with Gasteiger partial charge in [-0.1, -0.05) is 42.5 Å². The molecule has 3 nitrogen and oxygen atoms in total. The zero-order valence-electron chi connectivity index (χ0n) is 11.7. The van der Waals surface area contributed by atoms with Crippen molar-refractivity contribution in [3.8, 4) is 0 Å². The van der Waals surface area contributed by atoms with E-state index in [-0.39, 0.29) is 6.04 Å². The van der Waals surface area contributed by atoms with E-state index in [1.807, 2.05) is 24.5 Å². The van der Waals surface area contributed by atoms with Gasteiger partial charge in [-0.25, -0.2) is 5.43 Å². The number of benzene rings is 2. The smallest absolute Gasteiger partial charge is 0.0741 e. The average Bonchev–Trinajstić information content (AvgIpc) is 2.52. The molecule has 3 aromatic rings. The van der Waals surface area contributed by atoms with Crippen LogP contribution in [-0.2, 0) is 0 Å². The molecule has 0 bridgehead atoms. The van der Waals surface area contributed by atoms with Gasteiger partial charge in [0.25, 0.3) is 0 Å². The highest BCUT2D eigenvalue weighted by Crippen LogP contribution is 2.31. The maximum absolute atomic E-state index is 5.87. The Morgan fingerprint density at radius 2 is 1.86 bits per heavy atom. The SMILES string of the molecule is Cc1cccc(C(NN)c2cncc3ccccc23)c1I. The van der Waals surface area contributed by atoms with Crippen LogP contribution in [0.15, 0.2) is 54.9 Å². The average molecular weight is 389 g/mol. The van der Waals surface area contributed by atoms with Crippen molar-refractivity contribution in [1.29, 1.82) is 0 Å². The summed E-state index contributed by atoms with van der Waals surface area (Å²) in [5.41, 5.74) is 6.47. The van der Waals surface area contributed by atoms with Crippen LogP contribution in [0.3, 0.4) is 0 Å². The standard InChI is InChI=1S/C17H16IN3/c1-11-5-4-8-14(16(11)18)17(21-19)15-10-20-9-12-6-2-3-7-13(12)15/h2-10,17,21H,19H2,1H3. The first-order valence-electron chi connectivity index (χ1n) is 6.76. The number of aromatic nitrogens is 1. The molecule has 3 rings (SSSR count). The lowest BCUT2D eigenvalue weighted by atomic mass is 9.95. The number of hydrogen-bond acceptors (Lipinski definition) is 3. The predicted octanol–water partition coefficient (Wildman–Crippen LogP) is 3.70. The number of halogens is 1. The van der Waals surface area contributed by atoms with Crippen LogP contribution in [0.4, 0.5) is 0 Å². The van der Waals surface area contributed by atoms with Crippen LogP contribution < -0.4 is 11.3 Å². The van der Waals surface area contributed by atoms with Crippen LogP contribution in [0.2, 0.25) is 0 Å². The minimum atomic E-state index is -0.0737. The third kappa shape index (κ3) is 2.66. The molecule has 3 N–H and O–H groups in total. The molecule has 0 saturated carbocycles. The molecule has 0 spiro atoms. The number of nitrogens with two attached hydrogens (primary N) is 1. The van der Waals surface area contributed by atoms with Gasteiger partial charge in [0.1, 0.15) is 0 Å². The first-order chi connectivity index (χ1) is 10.2. The molecule has 4 heteroatoms. The minimum absolute atomic E-state index is 0.0737. The van der Waals surface area contributed by atoms with Crippen molar-refractivity contribution in [1.82, 2.24) is 10.4 Å². The van der Waals surface area contributed by atoms with Gasteiger partial charge < -0.3 is 0 Å². The van der Waals surface area contributed by atoms with Crippen LogP contribution in [0.1, 0.15) is 22.7 Å². The van der Waals surface area contributed by atoms with Gasteiger partial charge in [-0.3, -0.25) is 10.8 Å². The molecule has 1 unspecified atom stereocenters. The Hall–Kier alpha value is -1.50. The van der Waals surface area contributed by atoms with E-state index in [1.54, 1.807) is 0 Å². The summed E-state index contributed by atoms with van der Waals surface area (Å²) in [4.78, 5) is 4.36. The summed E-state index contributed by atoms with van der Waals surface area (Å²) in [6.45, 7) is 2.11. The molecule has 0 amide bonds. The number of pyridine rings is 1. The van der Waals surface area contributed by atoms with Crippen molar-refractivity contribution in [3.63, 3.8) is 0 Å². The maximum atomic E-state index is 5.87. The van der Waals surface area contributed by atoms with Crippen molar-refractivity contribution in [2.75, 3.05) is 0 Å². The second-order valence-electron chi connectivity index (χ2n) is 5.03. The third-order valence-corrected chi connectivity index (χ3v) is 5.18. The first kappa shape index (κ1) is 14.4. The molecule has 0 saturated heterocycles. The number of hydrogen-bond donors (Lipinski definition) is 2. The highest BCUT2D eigenvalue weighted by Gasteiger charge is 2.18. The van der Waals surface area contributed by atoms with E-state index in [0.29, 0.717) is 0 Å². The van der Waals surface area contributed by atoms with Gasteiger partial charge in [0.15, 0.2) is 0 Å². The Bertz CT molecular complexity index is 781. The summed E-state index contributed by atoms with van der Waals surface area (Å²) in [5, 5.41) is 2.30. The lowest BCUT2D eigenvalue weighted by molar-refractivity contribution is 0.636. The second kappa shape index (κ2) is 6.09. The van der Waals surface area contributed by atoms with Gasteiger partial charge >= 0.3 is 0 Å². The Morgan fingerprint density at radius 3 is 2.67 bits per heavy atom. The number of aryl methyl sites for hydroxylation is 1. The number of hydrazine groups is 1. The Labute approximate surface area is 137 Å². The van der Waals surface area contributed by atoms with Crippen molar-refractivity contribution in [2.45, 2.75) is 13.0 Å². The highest BCUT2D eigenvalue weighted by atomic mass is 127. The fourth-order valence-electron chi connectivity index (χ4n) is 2.61. The number of fused-ring (bicyclic) bond motifs is 1. The van der Waals surface area contributed by atoms with E-state index >= 15 is 0 Å². The lowest BCUT2D eigenvalue weighted by Gasteiger charge is -2.20. The Balaban J connectivity index is 2.21. The van der Waals surface area contributed by atoms with Crippen LogP contribution in [-0.4, -0.2) is 4.98 Å². The van der Waals surface area contributed by atoms with E-state index in [2.05, 4.69) is 70.3 Å². The van der Waals surface area contributed by atoms with Gasteiger partial charge in [-0.2, -0.15) is 0 Å². The number of rotatable bonds is 3. The van der Waals surface area contributed by atoms with Crippen molar-refractivity contribution in [3.05, 3.63) is 75.1 Å². The van der Waals surface area contributed by atoms with Crippen LogP contribution in [0, 0.1) is 10.5 Å². The van der Waals surface area contributed by atoms with E-state index in [1.165, 1.54) is 20.1 Å². The van der Waals surface area contributed by atoms with E-state index < -0.39 is 0 Å². The largest absolute Gasteiger partial charge is 0.271 e. The molecule has 0 radical (unpaired) electrons. The van der Waals surface area contributed by atoms with E-state index in [0.717, 1.165) is 10.9 Å². The third-order valence-electron chi connectivity index (χ3n) is 3.71. The molecule has 0 aliphatic rings. The van der Waals surface area contributed by atoms with Gasteiger partial charge in [-0.05, 0) is 46.0 Å². The van der Waals surface area contributed by atoms with Gasteiger partial charge in [0.2, 0.25) is 0 Å².